The highest BCUT2D eigenvalue weighted by atomic mass is 14.9. The van der Waals surface area contributed by atoms with E-state index in [1.807, 2.05) is 13.8 Å². The Morgan fingerprint density at radius 1 is 1.27 bits per heavy atom. The highest BCUT2D eigenvalue weighted by molar-refractivity contribution is 4.74. The van der Waals surface area contributed by atoms with Crippen LogP contribution in [0.3, 0.4) is 0 Å². The Morgan fingerprint density at radius 3 is 1.73 bits per heavy atom. The van der Waals surface area contributed by atoms with Crippen LogP contribution in [-0.4, -0.2) is 12.6 Å². The quantitative estimate of drug-likeness (QED) is 0.655. The van der Waals surface area contributed by atoms with Crippen molar-refractivity contribution < 1.29 is 1.43 Å². The van der Waals surface area contributed by atoms with Crippen LogP contribution in [0, 0.1) is 5.41 Å². The highest BCUT2D eigenvalue weighted by Crippen LogP contribution is 2.17. The minimum atomic E-state index is 0. The average Bonchev–Trinajstić information content (AvgIpc) is 1.91. The summed E-state index contributed by atoms with van der Waals surface area (Å²) in [6.07, 6.45) is 0. The van der Waals surface area contributed by atoms with Crippen molar-refractivity contribution in [2.24, 2.45) is 5.41 Å². The van der Waals surface area contributed by atoms with Gasteiger partial charge in [0, 0.05) is 7.47 Å². The van der Waals surface area contributed by atoms with Crippen molar-refractivity contribution in [3.05, 3.63) is 0 Å². The molecule has 0 aliphatic carbocycles. The molecule has 0 aromatic rings. The van der Waals surface area contributed by atoms with E-state index < -0.39 is 0 Å². The van der Waals surface area contributed by atoms with Gasteiger partial charge < -0.3 is 5.32 Å². The summed E-state index contributed by atoms with van der Waals surface area (Å²) in [6, 6.07) is 0.613. The summed E-state index contributed by atoms with van der Waals surface area (Å²) < 4.78 is 0. The lowest BCUT2D eigenvalue weighted by atomic mass is 9.88. The second-order valence-corrected chi connectivity index (χ2v) is 3.65. The third-order valence-electron chi connectivity index (χ3n) is 1.81. The molecule has 0 rings (SSSR count). The molecule has 0 heterocycles. The molecule has 11 heavy (non-hydrogen) atoms. The molecule has 0 aliphatic heterocycles. The van der Waals surface area contributed by atoms with Crippen molar-refractivity contribution in [2.45, 2.75) is 54.5 Å². The summed E-state index contributed by atoms with van der Waals surface area (Å²) in [5.74, 6) is 0. The van der Waals surface area contributed by atoms with Gasteiger partial charge in [-0.3, -0.25) is 0 Å². The first-order valence-electron chi connectivity index (χ1n) is 4.72. The lowest BCUT2D eigenvalue weighted by Gasteiger charge is -2.27. The van der Waals surface area contributed by atoms with Gasteiger partial charge in [-0.25, -0.2) is 0 Å². The zero-order valence-corrected chi connectivity index (χ0v) is 9.28. The molecule has 72 valence electrons. The van der Waals surface area contributed by atoms with E-state index in [0.29, 0.717) is 11.5 Å². The molecule has 1 unspecified atom stereocenters. The van der Waals surface area contributed by atoms with E-state index in [1.165, 1.54) is 0 Å². The summed E-state index contributed by atoms with van der Waals surface area (Å²) >= 11 is 0. The first kappa shape index (κ1) is 13.5. The van der Waals surface area contributed by atoms with Crippen molar-refractivity contribution in [1.82, 2.24) is 5.32 Å². The Bertz CT molecular complexity index is 76.4. The van der Waals surface area contributed by atoms with Crippen LogP contribution in [0.25, 0.3) is 0 Å². The van der Waals surface area contributed by atoms with Gasteiger partial charge in [0.15, 0.2) is 0 Å². The molecule has 1 nitrogen and oxygen atoms in total. The van der Waals surface area contributed by atoms with Crippen LogP contribution in [0.4, 0.5) is 0 Å². The zero-order chi connectivity index (χ0) is 9.49. The van der Waals surface area contributed by atoms with Gasteiger partial charge in [0.2, 0.25) is 0 Å². The third kappa shape index (κ3) is 7.86. The number of hydrogen-bond acceptors (Lipinski definition) is 1. The van der Waals surface area contributed by atoms with E-state index in [4.69, 9.17) is 0 Å². The maximum Gasteiger partial charge on any atom is 0.00871 e. The second-order valence-electron chi connectivity index (χ2n) is 3.65. The van der Waals surface area contributed by atoms with Crippen molar-refractivity contribution in [1.29, 1.82) is 0 Å². The van der Waals surface area contributed by atoms with E-state index in [-0.39, 0.29) is 1.43 Å². The van der Waals surface area contributed by atoms with Crippen molar-refractivity contribution in [3.63, 3.8) is 0 Å². The molecule has 1 heteroatoms. The van der Waals surface area contributed by atoms with Crippen molar-refractivity contribution in [3.8, 4) is 0 Å². The largest absolute Gasteiger partial charge is 0.314 e. The average molecular weight is 161 g/mol. The SMILES string of the molecule is CC.CCNC(C)C(C)(C)C.[HH]. The molecule has 0 aliphatic rings. The molecule has 0 aromatic heterocycles. The van der Waals surface area contributed by atoms with E-state index in [9.17, 15) is 0 Å². The van der Waals surface area contributed by atoms with E-state index in [2.05, 4.69) is 39.9 Å². The summed E-state index contributed by atoms with van der Waals surface area (Å²) in [5, 5.41) is 3.39. The number of rotatable bonds is 2. The fraction of sp³-hybridized carbons (Fsp3) is 1.00. The van der Waals surface area contributed by atoms with Gasteiger partial charge in [0.05, 0.1) is 0 Å². The Kier molecular flexibility index (Phi) is 8.20. The maximum atomic E-state index is 3.39. The summed E-state index contributed by atoms with van der Waals surface area (Å²) in [6.45, 7) is 16.2. The van der Waals surface area contributed by atoms with Gasteiger partial charge in [0.1, 0.15) is 0 Å². The van der Waals surface area contributed by atoms with Gasteiger partial charge in [-0.05, 0) is 18.9 Å². The Morgan fingerprint density at radius 2 is 1.64 bits per heavy atom. The maximum absolute atomic E-state index is 3.39. The van der Waals surface area contributed by atoms with Gasteiger partial charge in [-0.15, -0.1) is 0 Å². The second kappa shape index (κ2) is 6.66. The van der Waals surface area contributed by atoms with Crippen molar-refractivity contribution >= 4 is 0 Å². The number of nitrogens with one attached hydrogen (secondary N) is 1. The Hall–Kier alpha value is -0.0400. The van der Waals surface area contributed by atoms with E-state index in [1.54, 1.807) is 0 Å². The lowest BCUT2D eigenvalue weighted by Crippen LogP contribution is -2.37. The minimum Gasteiger partial charge on any atom is -0.314 e. The highest BCUT2D eigenvalue weighted by Gasteiger charge is 2.17. The molecular formula is C10H27N. The first-order valence-corrected chi connectivity index (χ1v) is 4.72. The van der Waals surface area contributed by atoms with Gasteiger partial charge in [-0.1, -0.05) is 41.5 Å². The van der Waals surface area contributed by atoms with Crippen LogP contribution >= 0.6 is 0 Å². The lowest BCUT2D eigenvalue weighted by molar-refractivity contribution is 0.291. The van der Waals surface area contributed by atoms with Crippen LogP contribution < -0.4 is 5.32 Å². The van der Waals surface area contributed by atoms with Crippen LogP contribution in [0.1, 0.15) is 49.9 Å². The normalized spacial score (nSPS) is 13.4. The fourth-order valence-electron chi connectivity index (χ4n) is 0.612. The number of hydrogen-bond donors (Lipinski definition) is 1. The molecule has 0 saturated heterocycles. The fourth-order valence-corrected chi connectivity index (χ4v) is 0.612. The molecule has 0 fully saturated rings. The molecule has 0 saturated carbocycles. The molecule has 1 atom stereocenters. The first-order chi connectivity index (χ1) is 4.98. The van der Waals surface area contributed by atoms with Crippen LogP contribution in [0.5, 0.6) is 0 Å². The minimum absolute atomic E-state index is 0. The molecule has 0 bridgehead atoms. The van der Waals surface area contributed by atoms with Crippen LogP contribution in [0.2, 0.25) is 0 Å². The summed E-state index contributed by atoms with van der Waals surface area (Å²) in [5.41, 5.74) is 0.399. The predicted molar refractivity (Wildman–Crippen MR) is 56.1 cm³/mol. The van der Waals surface area contributed by atoms with Crippen LogP contribution in [-0.2, 0) is 0 Å². The van der Waals surface area contributed by atoms with Gasteiger partial charge in [0.25, 0.3) is 0 Å². The Balaban J connectivity index is -0.000000249. The molecule has 0 radical (unpaired) electrons. The predicted octanol–water partition coefficient (Wildman–Crippen LogP) is 3.30. The molecular weight excluding hydrogens is 134 g/mol. The summed E-state index contributed by atoms with van der Waals surface area (Å²) in [4.78, 5) is 0. The van der Waals surface area contributed by atoms with Gasteiger partial charge >= 0.3 is 0 Å². The zero-order valence-electron chi connectivity index (χ0n) is 9.28. The molecule has 1 N–H and O–H groups in total. The standard InChI is InChI=1S/C8H19N.C2H6.H2/c1-6-9-7(2)8(3,4)5;1-2;/h7,9H,6H2,1-5H3;1-2H3;1H. The Labute approximate surface area is 74.1 Å². The van der Waals surface area contributed by atoms with Gasteiger partial charge in [-0.2, -0.15) is 0 Å². The van der Waals surface area contributed by atoms with Crippen molar-refractivity contribution in [2.75, 3.05) is 6.54 Å². The summed E-state index contributed by atoms with van der Waals surface area (Å²) in [7, 11) is 0. The van der Waals surface area contributed by atoms with Crippen LogP contribution in [0.15, 0.2) is 0 Å². The third-order valence-corrected chi connectivity index (χ3v) is 1.81. The molecule has 0 amide bonds. The van der Waals surface area contributed by atoms with E-state index in [0.717, 1.165) is 6.54 Å². The molecule has 0 aromatic carbocycles. The van der Waals surface area contributed by atoms with E-state index >= 15 is 0 Å². The topological polar surface area (TPSA) is 12.0 Å². The molecule has 0 spiro atoms. The monoisotopic (exact) mass is 161 g/mol. The smallest absolute Gasteiger partial charge is 0.00871 e.